The lowest BCUT2D eigenvalue weighted by atomic mass is 9.48. The SMILES string of the molecule is CCOC(=O)C1(C(=O)OCC)CCCC23C(=O)NC(C)(C[C@@H]21)NC3=O. The van der Waals surface area contributed by atoms with Crippen molar-refractivity contribution in [3.8, 4) is 0 Å². The van der Waals surface area contributed by atoms with Crippen molar-refractivity contribution in [3.05, 3.63) is 0 Å². The van der Waals surface area contributed by atoms with Gasteiger partial charge in [0.05, 0.1) is 13.2 Å². The Morgan fingerprint density at radius 1 is 1.04 bits per heavy atom. The molecule has 0 unspecified atom stereocenters. The highest BCUT2D eigenvalue weighted by molar-refractivity contribution is 6.12. The zero-order valence-corrected chi connectivity index (χ0v) is 14.8. The predicted molar refractivity (Wildman–Crippen MR) is 84.8 cm³/mol. The molecule has 4 aliphatic rings. The molecule has 0 radical (unpaired) electrons. The van der Waals surface area contributed by atoms with Gasteiger partial charge in [0.25, 0.3) is 0 Å². The minimum atomic E-state index is -1.62. The Hall–Kier alpha value is -2.12. The van der Waals surface area contributed by atoms with E-state index in [1.807, 2.05) is 0 Å². The maximum atomic E-state index is 12.9. The Bertz CT molecular complexity index is 607. The van der Waals surface area contributed by atoms with Crippen LogP contribution in [0.15, 0.2) is 0 Å². The van der Waals surface area contributed by atoms with Crippen LogP contribution in [0.2, 0.25) is 0 Å². The van der Waals surface area contributed by atoms with Crippen LogP contribution in [0.5, 0.6) is 0 Å². The third-order valence-corrected chi connectivity index (χ3v) is 5.81. The summed E-state index contributed by atoms with van der Waals surface area (Å²) in [4.78, 5) is 51.4. The van der Waals surface area contributed by atoms with Crippen LogP contribution >= 0.6 is 0 Å². The molecule has 1 aliphatic carbocycles. The summed E-state index contributed by atoms with van der Waals surface area (Å²) < 4.78 is 10.4. The van der Waals surface area contributed by atoms with E-state index in [-0.39, 0.29) is 26.1 Å². The summed E-state index contributed by atoms with van der Waals surface area (Å²) in [6, 6.07) is 0. The predicted octanol–water partition coefficient (Wildman–Crippen LogP) is 0.251. The van der Waals surface area contributed by atoms with E-state index in [0.717, 1.165) is 0 Å². The average Bonchev–Trinajstić information content (AvgIpc) is 2.53. The molecule has 3 aliphatic heterocycles. The molecule has 1 spiro atoms. The van der Waals surface area contributed by atoms with Gasteiger partial charge in [0, 0.05) is 5.92 Å². The Balaban J connectivity index is 2.16. The Labute approximate surface area is 146 Å². The standard InChI is InChI=1S/C17H24N2O6/c1-4-24-13(22)17(14(23)25-5-2)8-6-7-16-10(17)9-15(3,18-11(16)20)19-12(16)21/h10H,4-9H2,1-3H3,(H,18,20)(H,19,21)/t10-,15?,16?/m0/s1. The van der Waals surface area contributed by atoms with Gasteiger partial charge in [-0.05, 0) is 40.0 Å². The van der Waals surface area contributed by atoms with E-state index in [9.17, 15) is 19.2 Å². The fourth-order valence-electron chi connectivity index (χ4n) is 4.77. The van der Waals surface area contributed by atoms with Crippen molar-refractivity contribution in [1.29, 1.82) is 0 Å². The van der Waals surface area contributed by atoms with Gasteiger partial charge in [-0.3, -0.25) is 19.2 Å². The summed E-state index contributed by atoms with van der Waals surface area (Å²) in [6.07, 6.45) is 1.17. The van der Waals surface area contributed by atoms with E-state index in [2.05, 4.69) is 10.6 Å². The minimum Gasteiger partial charge on any atom is -0.465 e. The zero-order chi connectivity index (χ0) is 18.5. The van der Waals surface area contributed by atoms with Gasteiger partial charge in [-0.2, -0.15) is 0 Å². The van der Waals surface area contributed by atoms with Crippen LogP contribution in [0.25, 0.3) is 0 Å². The maximum Gasteiger partial charge on any atom is 0.323 e. The molecule has 3 saturated heterocycles. The molecule has 8 heteroatoms. The average molecular weight is 352 g/mol. The summed E-state index contributed by atoms with van der Waals surface area (Å²) in [7, 11) is 0. The first kappa shape index (κ1) is 17.7. The number of esters is 2. The topological polar surface area (TPSA) is 111 Å². The molecule has 0 aromatic heterocycles. The van der Waals surface area contributed by atoms with Crippen LogP contribution in [0, 0.1) is 16.7 Å². The number of hydrogen-bond acceptors (Lipinski definition) is 6. The first-order valence-corrected chi connectivity index (χ1v) is 8.76. The number of piperidine rings is 2. The fraction of sp³-hybridized carbons (Fsp3) is 0.765. The van der Waals surface area contributed by atoms with E-state index in [0.29, 0.717) is 12.8 Å². The molecule has 2 amide bonds. The lowest BCUT2D eigenvalue weighted by Gasteiger charge is -2.60. The Kier molecular flexibility index (Phi) is 4.04. The molecule has 2 bridgehead atoms. The first-order chi connectivity index (χ1) is 11.8. The first-order valence-electron chi connectivity index (χ1n) is 8.76. The van der Waals surface area contributed by atoms with E-state index in [1.165, 1.54) is 0 Å². The third-order valence-electron chi connectivity index (χ3n) is 5.81. The fourth-order valence-corrected chi connectivity index (χ4v) is 4.77. The number of ether oxygens (including phenoxy) is 2. The van der Waals surface area contributed by atoms with Crippen molar-refractivity contribution in [2.24, 2.45) is 16.7 Å². The Morgan fingerprint density at radius 3 is 2.04 bits per heavy atom. The largest absolute Gasteiger partial charge is 0.465 e. The summed E-state index contributed by atoms with van der Waals surface area (Å²) in [5.74, 6) is -3.02. The second-order valence-corrected chi connectivity index (χ2v) is 7.23. The second kappa shape index (κ2) is 5.71. The van der Waals surface area contributed by atoms with Crippen molar-refractivity contribution < 1.29 is 28.7 Å². The van der Waals surface area contributed by atoms with E-state index in [4.69, 9.17) is 9.47 Å². The van der Waals surface area contributed by atoms with Gasteiger partial charge in [0.1, 0.15) is 11.1 Å². The lowest BCUT2D eigenvalue weighted by Crippen LogP contribution is -2.81. The molecule has 138 valence electrons. The molecule has 0 aromatic carbocycles. The second-order valence-electron chi connectivity index (χ2n) is 7.23. The molecule has 3 heterocycles. The molecular weight excluding hydrogens is 328 g/mol. The van der Waals surface area contributed by atoms with Crippen molar-refractivity contribution in [2.45, 2.75) is 52.1 Å². The molecule has 1 atom stereocenters. The van der Waals surface area contributed by atoms with Gasteiger partial charge < -0.3 is 20.1 Å². The van der Waals surface area contributed by atoms with Crippen molar-refractivity contribution in [1.82, 2.24) is 10.6 Å². The molecule has 2 N–H and O–H groups in total. The number of rotatable bonds is 4. The highest BCUT2D eigenvalue weighted by Crippen LogP contribution is 2.59. The molecule has 4 rings (SSSR count). The summed E-state index contributed by atoms with van der Waals surface area (Å²) in [6.45, 7) is 5.21. The number of carbonyl (C=O) groups is 4. The van der Waals surface area contributed by atoms with Crippen LogP contribution in [0.4, 0.5) is 0 Å². The molecule has 1 saturated carbocycles. The highest BCUT2D eigenvalue weighted by atomic mass is 16.6. The molecule has 0 aromatic rings. The summed E-state index contributed by atoms with van der Waals surface area (Å²) in [5, 5.41) is 5.63. The van der Waals surface area contributed by atoms with Gasteiger partial charge >= 0.3 is 11.9 Å². The molecular formula is C17H24N2O6. The number of nitrogens with one attached hydrogen (secondary N) is 2. The van der Waals surface area contributed by atoms with Crippen molar-refractivity contribution in [2.75, 3.05) is 13.2 Å². The lowest BCUT2D eigenvalue weighted by molar-refractivity contribution is -0.201. The maximum absolute atomic E-state index is 12.9. The van der Waals surface area contributed by atoms with Gasteiger partial charge in [-0.15, -0.1) is 0 Å². The van der Waals surface area contributed by atoms with Gasteiger partial charge in [0.15, 0.2) is 5.41 Å². The van der Waals surface area contributed by atoms with E-state index >= 15 is 0 Å². The smallest absolute Gasteiger partial charge is 0.323 e. The minimum absolute atomic E-state index is 0.107. The molecule has 4 fully saturated rings. The highest BCUT2D eigenvalue weighted by Gasteiger charge is 2.74. The van der Waals surface area contributed by atoms with Gasteiger partial charge in [-0.1, -0.05) is 6.42 Å². The Morgan fingerprint density at radius 2 is 1.56 bits per heavy atom. The van der Waals surface area contributed by atoms with Crippen LogP contribution in [-0.4, -0.2) is 42.6 Å². The van der Waals surface area contributed by atoms with Crippen LogP contribution in [0.1, 0.15) is 46.5 Å². The van der Waals surface area contributed by atoms with E-state index < -0.39 is 46.2 Å². The van der Waals surface area contributed by atoms with Crippen molar-refractivity contribution >= 4 is 23.8 Å². The monoisotopic (exact) mass is 352 g/mol. The van der Waals surface area contributed by atoms with E-state index in [1.54, 1.807) is 20.8 Å². The van der Waals surface area contributed by atoms with Gasteiger partial charge in [-0.25, -0.2) is 0 Å². The normalized spacial score (nSPS) is 35.2. The van der Waals surface area contributed by atoms with Crippen LogP contribution < -0.4 is 10.6 Å². The number of fused-ring (bicyclic) bond motifs is 2. The van der Waals surface area contributed by atoms with Gasteiger partial charge in [0.2, 0.25) is 11.8 Å². The van der Waals surface area contributed by atoms with Crippen molar-refractivity contribution in [3.63, 3.8) is 0 Å². The third kappa shape index (κ3) is 2.19. The molecule has 8 nitrogen and oxygen atoms in total. The molecule has 25 heavy (non-hydrogen) atoms. The summed E-state index contributed by atoms with van der Waals surface area (Å²) >= 11 is 0. The van der Waals surface area contributed by atoms with Crippen LogP contribution in [0.3, 0.4) is 0 Å². The quantitative estimate of drug-likeness (QED) is 0.554. The number of amides is 2. The summed E-state index contributed by atoms with van der Waals surface area (Å²) in [5.41, 5.74) is -4.04. The number of hydrogen-bond donors (Lipinski definition) is 2. The number of carbonyl (C=O) groups excluding carboxylic acids is 4. The zero-order valence-electron chi connectivity index (χ0n) is 14.8. The van der Waals surface area contributed by atoms with Crippen LogP contribution in [-0.2, 0) is 28.7 Å².